The van der Waals surface area contributed by atoms with Crippen LogP contribution in [0.1, 0.15) is 62.2 Å². The van der Waals surface area contributed by atoms with E-state index in [0.29, 0.717) is 19.1 Å². The van der Waals surface area contributed by atoms with Crippen molar-refractivity contribution in [2.75, 3.05) is 26.2 Å². The number of morpholine rings is 1. The highest BCUT2D eigenvalue weighted by Crippen LogP contribution is 2.37. The molecule has 0 amide bonds. The minimum atomic E-state index is -0.701. The molecule has 2 aromatic heterocycles. The normalized spacial score (nSPS) is 18.3. The van der Waals surface area contributed by atoms with Crippen LogP contribution in [0, 0.1) is 13.8 Å². The minimum Gasteiger partial charge on any atom is -0.389 e. The van der Waals surface area contributed by atoms with E-state index in [1.807, 2.05) is 27.7 Å². The molecule has 2 N–H and O–H groups in total. The fourth-order valence-electron chi connectivity index (χ4n) is 4.83. The molecule has 0 radical (unpaired) electrons. The number of β-amino-alcohol motifs (C(OH)–C–C–N with tert-alkyl or cyclic N) is 1. The fourth-order valence-corrected chi connectivity index (χ4v) is 4.83. The predicted octanol–water partition coefficient (Wildman–Crippen LogP) is 5.11. The van der Waals surface area contributed by atoms with Gasteiger partial charge in [0.05, 0.1) is 24.0 Å². The Morgan fingerprint density at radius 1 is 1.19 bits per heavy atom. The highest BCUT2D eigenvalue weighted by atomic mass is 16.5. The van der Waals surface area contributed by atoms with Crippen LogP contribution in [0.5, 0.6) is 0 Å². The molecule has 0 saturated carbocycles. The molecule has 0 bridgehead atoms. The number of hydrogen-bond acceptors (Lipinski definition) is 4. The summed E-state index contributed by atoms with van der Waals surface area (Å²) in [5.41, 5.74) is 7.43. The summed E-state index contributed by atoms with van der Waals surface area (Å²) in [5.74, 6) is 0.381. The Morgan fingerprint density at radius 3 is 2.55 bits per heavy atom. The number of ether oxygens (including phenoxy) is 1. The van der Waals surface area contributed by atoms with Gasteiger partial charge in [-0.25, -0.2) is 0 Å². The lowest BCUT2D eigenvalue weighted by Gasteiger charge is -2.36. The van der Waals surface area contributed by atoms with Crippen LogP contribution in [0.3, 0.4) is 0 Å². The third-order valence-electron chi connectivity index (χ3n) is 5.94. The van der Waals surface area contributed by atoms with Crippen LogP contribution in [0.25, 0.3) is 22.2 Å². The Labute approximate surface area is 185 Å². The van der Waals surface area contributed by atoms with Crippen molar-refractivity contribution in [2.24, 2.45) is 0 Å². The number of nitrogens with zero attached hydrogens (tertiary/aromatic N) is 2. The van der Waals surface area contributed by atoms with Gasteiger partial charge in [-0.3, -0.25) is 9.88 Å². The third-order valence-corrected chi connectivity index (χ3v) is 5.94. The number of H-pyrrole nitrogens is 1. The summed E-state index contributed by atoms with van der Waals surface area (Å²) in [6.07, 6.45) is 0.0178. The molecule has 166 valence electrons. The minimum absolute atomic E-state index is 0.0178. The second kappa shape index (κ2) is 8.38. The first-order chi connectivity index (χ1) is 14.6. The molecule has 3 aromatic rings. The number of fused-ring (bicyclic) bond motifs is 1. The molecule has 31 heavy (non-hydrogen) atoms. The van der Waals surface area contributed by atoms with Crippen molar-refractivity contribution in [3.8, 4) is 11.3 Å². The highest BCUT2D eigenvalue weighted by molar-refractivity contribution is 5.92. The summed E-state index contributed by atoms with van der Waals surface area (Å²) in [6.45, 7) is 15.3. The Kier molecular flexibility index (Phi) is 5.95. The second-order valence-corrected chi connectivity index (χ2v) is 9.92. The molecule has 1 fully saturated rings. The van der Waals surface area contributed by atoms with E-state index in [1.54, 1.807) is 0 Å². The molecule has 1 aromatic carbocycles. The van der Waals surface area contributed by atoms with Gasteiger partial charge in [0.25, 0.3) is 0 Å². The highest BCUT2D eigenvalue weighted by Gasteiger charge is 2.27. The van der Waals surface area contributed by atoms with Crippen molar-refractivity contribution in [1.82, 2.24) is 14.9 Å². The molecule has 1 unspecified atom stereocenters. The summed E-state index contributed by atoms with van der Waals surface area (Å²) in [7, 11) is 0. The number of aliphatic hydroxyl groups is 1. The van der Waals surface area contributed by atoms with Gasteiger partial charge in [-0.2, -0.15) is 0 Å². The molecular weight excluding hydrogens is 386 g/mol. The van der Waals surface area contributed by atoms with E-state index in [4.69, 9.17) is 4.74 Å². The first kappa shape index (κ1) is 22.0. The van der Waals surface area contributed by atoms with Crippen LogP contribution in [-0.4, -0.2) is 51.8 Å². The molecule has 4 rings (SSSR count). The Hall–Kier alpha value is -2.21. The van der Waals surface area contributed by atoms with E-state index in [-0.39, 0.29) is 6.10 Å². The lowest BCUT2D eigenvalue weighted by molar-refractivity contribution is -0.0563. The molecule has 1 aliphatic rings. The van der Waals surface area contributed by atoms with E-state index < -0.39 is 5.60 Å². The van der Waals surface area contributed by atoms with Gasteiger partial charge < -0.3 is 14.8 Å². The number of nitrogens with one attached hydrogen (secondary N) is 1. The number of pyridine rings is 1. The second-order valence-electron chi connectivity index (χ2n) is 9.92. The largest absolute Gasteiger partial charge is 0.389 e. The maximum atomic E-state index is 10.2. The molecule has 1 saturated heterocycles. The molecule has 5 nitrogen and oxygen atoms in total. The van der Waals surface area contributed by atoms with Crippen LogP contribution >= 0.6 is 0 Å². The van der Waals surface area contributed by atoms with E-state index in [0.717, 1.165) is 30.0 Å². The van der Waals surface area contributed by atoms with Crippen molar-refractivity contribution >= 4 is 10.9 Å². The van der Waals surface area contributed by atoms with Gasteiger partial charge >= 0.3 is 0 Å². The Balaban J connectivity index is 1.73. The Morgan fingerprint density at radius 2 is 1.90 bits per heavy atom. The SMILES string of the molecule is Cc1cc(-c2[nH]c3ccc(C4CN(CC(C)(C)O)CCO4)cc3c2C(C)C)cc(C)n1. The monoisotopic (exact) mass is 421 g/mol. The van der Waals surface area contributed by atoms with E-state index in [2.05, 4.69) is 59.0 Å². The topological polar surface area (TPSA) is 61.4 Å². The average Bonchev–Trinajstić information content (AvgIpc) is 3.05. The number of aryl methyl sites for hydroxylation is 2. The van der Waals surface area contributed by atoms with Gasteiger partial charge in [0, 0.05) is 47.5 Å². The van der Waals surface area contributed by atoms with Gasteiger partial charge in [0.1, 0.15) is 0 Å². The summed E-state index contributed by atoms with van der Waals surface area (Å²) >= 11 is 0. The maximum absolute atomic E-state index is 10.2. The molecule has 3 heterocycles. The third kappa shape index (κ3) is 4.84. The molecule has 0 spiro atoms. The van der Waals surface area contributed by atoms with Gasteiger partial charge in [-0.05, 0) is 69.0 Å². The zero-order valence-electron chi connectivity index (χ0n) is 19.6. The van der Waals surface area contributed by atoms with Crippen molar-refractivity contribution in [2.45, 2.75) is 59.2 Å². The van der Waals surface area contributed by atoms with Gasteiger partial charge in [0.15, 0.2) is 0 Å². The predicted molar refractivity (Wildman–Crippen MR) is 127 cm³/mol. The Bertz CT molecular complexity index is 1060. The molecule has 0 aliphatic carbocycles. The number of aromatic amines is 1. The van der Waals surface area contributed by atoms with E-state index in [9.17, 15) is 5.11 Å². The van der Waals surface area contributed by atoms with Crippen LogP contribution in [0.2, 0.25) is 0 Å². The average molecular weight is 422 g/mol. The first-order valence-corrected chi connectivity index (χ1v) is 11.3. The number of hydrogen-bond donors (Lipinski definition) is 2. The van der Waals surface area contributed by atoms with E-state index >= 15 is 0 Å². The van der Waals surface area contributed by atoms with Crippen LogP contribution in [-0.2, 0) is 4.74 Å². The van der Waals surface area contributed by atoms with Gasteiger partial charge in [0.2, 0.25) is 0 Å². The summed E-state index contributed by atoms with van der Waals surface area (Å²) in [5, 5.41) is 11.5. The summed E-state index contributed by atoms with van der Waals surface area (Å²) in [4.78, 5) is 10.5. The number of benzene rings is 1. The standard InChI is InChI=1S/C26H35N3O2/c1-16(2)24-21-13-19(23-14-29(9-10-31-23)15-26(5,6)30)7-8-22(21)28-25(24)20-11-17(3)27-18(4)12-20/h7-8,11-13,16,23,28,30H,9-10,14-15H2,1-6H3. The van der Waals surface area contributed by atoms with Crippen LogP contribution in [0.4, 0.5) is 0 Å². The smallest absolute Gasteiger partial charge is 0.0952 e. The number of aromatic nitrogens is 2. The quantitative estimate of drug-likeness (QED) is 0.601. The van der Waals surface area contributed by atoms with E-state index in [1.165, 1.54) is 27.8 Å². The van der Waals surface area contributed by atoms with Crippen molar-refractivity contribution in [3.05, 3.63) is 52.8 Å². The first-order valence-electron chi connectivity index (χ1n) is 11.3. The van der Waals surface area contributed by atoms with Crippen LogP contribution in [0.15, 0.2) is 30.3 Å². The van der Waals surface area contributed by atoms with Crippen molar-refractivity contribution < 1.29 is 9.84 Å². The zero-order valence-corrected chi connectivity index (χ0v) is 19.6. The summed E-state index contributed by atoms with van der Waals surface area (Å²) in [6, 6.07) is 11.0. The van der Waals surface area contributed by atoms with Crippen molar-refractivity contribution in [3.63, 3.8) is 0 Å². The molecule has 1 atom stereocenters. The van der Waals surface area contributed by atoms with Gasteiger partial charge in [-0.15, -0.1) is 0 Å². The van der Waals surface area contributed by atoms with Gasteiger partial charge in [-0.1, -0.05) is 19.9 Å². The zero-order chi connectivity index (χ0) is 22.3. The lowest BCUT2D eigenvalue weighted by Crippen LogP contribution is -2.45. The maximum Gasteiger partial charge on any atom is 0.0952 e. The lowest BCUT2D eigenvalue weighted by atomic mass is 9.94. The van der Waals surface area contributed by atoms with Crippen LogP contribution < -0.4 is 0 Å². The fraction of sp³-hybridized carbons (Fsp3) is 0.500. The number of rotatable bonds is 5. The van der Waals surface area contributed by atoms with Crippen molar-refractivity contribution in [1.29, 1.82) is 0 Å². The molecule has 5 heteroatoms. The molecular formula is C26H35N3O2. The molecule has 1 aliphatic heterocycles. The summed E-state index contributed by atoms with van der Waals surface area (Å²) < 4.78 is 6.14.